The number of pyridine rings is 1. The molecular weight excluding hydrogens is 537 g/mol. The predicted octanol–water partition coefficient (Wildman–Crippen LogP) is 3.32. The first-order valence-corrected chi connectivity index (χ1v) is 14.7. The lowest BCUT2D eigenvalue weighted by atomic mass is 9.95. The van der Waals surface area contributed by atoms with E-state index in [0.717, 1.165) is 54.5 Å². The van der Waals surface area contributed by atoms with Gasteiger partial charge in [0.25, 0.3) is 0 Å². The molecule has 1 aromatic carbocycles. The summed E-state index contributed by atoms with van der Waals surface area (Å²) in [5, 5.41) is 14.8. The zero-order valence-corrected chi connectivity index (χ0v) is 23.3. The molecule has 11 heteroatoms. The normalized spacial score (nSPS) is 21.8. The Morgan fingerprint density at radius 3 is 2.64 bits per heavy atom. The number of hydrogen-bond acceptors (Lipinski definition) is 8. The lowest BCUT2D eigenvalue weighted by Gasteiger charge is -2.36. The lowest BCUT2D eigenvalue weighted by Crippen LogP contribution is -2.42. The number of hydrogen-bond donors (Lipinski definition) is 1. The summed E-state index contributed by atoms with van der Waals surface area (Å²) >= 11 is 0. The van der Waals surface area contributed by atoms with Crippen molar-refractivity contribution >= 4 is 23.2 Å². The summed E-state index contributed by atoms with van der Waals surface area (Å²) in [5.41, 5.74) is 3.10. The van der Waals surface area contributed by atoms with Crippen LogP contribution in [-0.4, -0.2) is 87.5 Å². The fourth-order valence-corrected chi connectivity index (χ4v) is 6.36. The first-order valence-electron chi connectivity index (χ1n) is 14.7. The fraction of sp³-hybridized carbons (Fsp3) is 0.419. The number of β-amino-alcohol motifs (C(OH)–C–C–N with tert-alkyl or cyclic N) is 1. The Morgan fingerprint density at radius 1 is 0.976 bits per heavy atom. The molecule has 6 heterocycles. The number of nitrogens with zero attached hydrogens (tertiary/aromatic N) is 7. The summed E-state index contributed by atoms with van der Waals surface area (Å²) in [5.74, 6) is 1.51. The van der Waals surface area contributed by atoms with E-state index in [1.165, 1.54) is 6.07 Å². The summed E-state index contributed by atoms with van der Waals surface area (Å²) in [6.07, 6.45) is 3.60. The highest BCUT2D eigenvalue weighted by atomic mass is 19.1. The van der Waals surface area contributed by atoms with Crippen LogP contribution in [-0.2, 0) is 9.53 Å². The van der Waals surface area contributed by atoms with Crippen molar-refractivity contribution in [2.24, 2.45) is 5.92 Å². The Hall–Kier alpha value is -4.09. The Balaban J connectivity index is 1.11. The van der Waals surface area contributed by atoms with Gasteiger partial charge in [-0.1, -0.05) is 18.2 Å². The molecule has 42 heavy (non-hydrogen) atoms. The smallest absolute Gasteiger partial charge is 0.225 e. The maximum Gasteiger partial charge on any atom is 0.225 e. The van der Waals surface area contributed by atoms with Gasteiger partial charge in [0.1, 0.15) is 23.1 Å². The van der Waals surface area contributed by atoms with Gasteiger partial charge in [-0.15, -0.1) is 5.10 Å². The Morgan fingerprint density at radius 2 is 1.83 bits per heavy atom. The predicted molar refractivity (Wildman–Crippen MR) is 156 cm³/mol. The minimum absolute atomic E-state index is 0.00693. The van der Waals surface area contributed by atoms with Crippen LogP contribution in [0.25, 0.3) is 17.0 Å². The molecule has 7 rings (SSSR count). The Bertz CT molecular complexity index is 1590. The highest BCUT2D eigenvalue weighted by molar-refractivity contribution is 5.79. The van der Waals surface area contributed by atoms with Crippen molar-refractivity contribution in [3.63, 3.8) is 0 Å². The number of fused-ring (bicyclic) bond motifs is 1. The van der Waals surface area contributed by atoms with E-state index in [2.05, 4.69) is 14.8 Å². The molecular formula is C31H34FN7O3. The summed E-state index contributed by atoms with van der Waals surface area (Å²) in [6, 6.07) is 16.3. The molecule has 10 nitrogen and oxygen atoms in total. The summed E-state index contributed by atoms with van der Waals surface area (Å²) in [6.45, 7) is 4.24. The summed E-state index contributed by atoms with van der Waals surface area (Å²) in [7, 11) is 0. The zero-order chi connectivity index (χ0) is 28.6. The quantitative estimate of drug-likeness (QED) is 0.390. The van der Waals surface area contributed by atoms with Crippen molar-refractivity contribution in [1.82, 2.24) is 24.5 Å². The first-order chi connectivity index (χ1) is 20.5. The number of aliphatic hydroxyl groups is 1. The van der Waals surface area contributed by atoms with Gasteiger partial charge in [0.15, 0.2) is 5.65 Å². The number of likely N-dealkylation sites (tertiary alicyclic amines) is 1. The van der Waals surface area contributed by atoms with Crippen LogP contribution >= 0.6 is 0 Å². The average molecular weight is 572 g/mol. The Kier molecular flexibility index (Phi) is 7.20. The van der Waals surface area contributed by atoms with Crippen LogP contribution in [0.3, 0.4) is 0 Å². The molecule has 2 unspecified atom stereocenters. The zero-order valence-electron chi connectivity index (χ0n) is 23.3. The van der Waals surface area contributed by atoms with Crippen molar-refractivity contribution < 1.29 is 19.0 Å². The second-order valence-corrected chi connectivity index (χ2v) is 11.3. The number of rotatable bonds is 5. The number of aromatic nitrogens is 4. The van der Waals surface area contributed by atoms with Crippen molar-refractivity contribution in [2.45, 2.75) is 31.4 Å². The van der Waals surface area contributed by atoms with Gasteiger partial charge >= 0.3 is 0 Å². The number of ether oxygens (including phenoxy) is 1. The number of aliphatic hydroxyl groups excluding tert-OH is 1. The number of morpholine rings is 1. The van der Waals surface area contributed by atoms with Gasteiger partial charge in [0.2, 0.25) is 5.91 Å². The number of carbonyl (C=O) groups is 1. The number of carbonyl (C=O) groups excluding carboxylic acids is 1. The summed E-state index contributed by atoms with van der Waals surface area (Å²) < 4.78 is 21.6. The van der Waals surface area contributed by atoms with Crippen LogP contribution in [0.1, 0.15) is 30.9 Å². The highest BCUT2D eigenvalue weighted by Gasteiger charge is 2.33. The van der Waals surface area contributed by atoms with E-state index in [1.54, 1.807) is 18.3 Å². The molecule has 2 atom stereocenters. The molecule has 0 spiro atoms. The van der Waals surface area contributed by atoms with E-state index < -0.39 is 6.10 Å². The minimum Gasteiger partial charge on any atom is -0.391 e. The SMILES string of the molecule is O=C(C1CCN(c2cccc(-c3cnc4ccc(N5CCOCC5c5cccc(F)c5)nn34)n2)CC1)N1CCC(O)C1. The first kappa shape index (κ1) is 26.8. The van der Waals surface area contributed by atoms with Crippen LogP contribution in [0.15, 0.2) is 60.8 Å². The van der Waals surface area contributed by atoms with E-state index in [4.69, 9.17) is 14.8 Å². The van der Waals surface area contributed by atoms with Crippen molar-refractivity contribution in [3.8, 4) is 11.4 Å². The molecule has 218 valence electrons. The average Bonchev–Trinajstić information content (AvgIpc) is 3.67. The molecule has 4 aromatic rings. The third kappa shape index (κ3) is 5.18. The molecule has 3 fully saturated rings. The second kappa shape index (κ2) is 11.3. The topological polar surface area (TPSA) is 99.3 Å². The highest BCUT2D eigenvalue weighted by Crippen LogP contribution is 2.31. The maximum absolute atomic E-state index is 14.0. The molecule has 0 saturated carbocycles. The molecule has 0 radical (unpaired) electrons. The van der Waals surface area contributed by atoms with Crippen LogP contribution in [0.4, 0.5) is 16.0 Å². The molecule has 3 saturated heterocycles. The largest absolute Gasteiger partial charge is 0.391 e. The molecule has 1 amide bonds. The van der Waals surface area contributed by atoms with Gasteiger partial charge in [0.05, 0.1) is 37.3 Å². The van der Waals surface area contributed by atoms with Crippen LogP contribution in [0, 0.1) is 11.7 Å². The van der Waals surface area contributed by atoms with E-state index in [9.17, 15) is 14.3 Å². The van der Waals surface area contributed by atoms with Gasteiger partial charge in [-0.3, -0.25) is 4.79 Å². The molecule has 1 N–H and O–H groups in total. The van der Waals surface area contributed by atoms with E-state index in [1.807, 2.05) is 45.8 Å². The lowest BCUT2D eigenvalue weighted by molar-refractivity contribution is -0.135. The third-order valence-electron chi connectivity index (χ3n) is 8.64. The van der Waals surface area contributed by atoms with Crippen molar-refractivity contribution in [2.75, 3.05) is 55.7 Å². The van der Waals surface area contributed by atoms with Gasteiger partial charge < -0.3 is 24.5 Å². The second-order valence-electron chi connectivity index (χ2n) is 11.3. The number of piperidine rings is 1. The molecule has 3 aliphatic rings. The van der Waals surface area contributed by atoms with Crippen LogP contribution < -0.4 is 9.80 Å². The van der Waals surface area contributed by atoms with E-state index >= 15 is 0 Å². The number of benzene rings is 1. The van der Waals surface area contributed by atoms with Gasteiger partial charge in [-0.2, -0.15) is 0 Å². The standard InChI is InChI=1S/C31H34FN7O3/c32-23-4-1-3-22(17-23)27-20-42-16-15-38(27)30-8-7-28-33-18-26(39(28)35-30)25-5-2-6-29(34-25)36-12-9-21(10-13-36)31(41)37-14-11-24(40)19-37/h1-8,17-18,21,24,27,40H,9-16,19-20H2. The monoisotopic (exact) mass is 571 g/mol. The number of anilines is 2. The molecule has 0 bridgehead atoms. The van der Waals surface area contributed by atoms with Crippen LogP contribution in [0.5, 0.6) is 0 Å². The van der Waals surface area contributed by atoms with Crippen LogP contribution in [0.2, 0.25) is 0 Å². The number of amides is 1. The van der Waals surface area contributed by atoms with Gasteiger partial charge in [-0.05, 0) is 61.2 Å². The maximum atomic E-state index is 14.0. The number of halogens is 1. The van der Waals surface area contributed by atoms with E-state index in [-0.39, 0.29) is 23.7 Å². The Labute approximate surface area is 243 Å². The fourth-order valence-electron chi connectivity index (χ4n) is 6.36. The van der Waals surface area contributed by atoms with Gasteiger partial charge in [-0.25, -0.2) is 18.9 Å². The molecule has 3 aromatic heterocycles. The van der Waals surface area contributed by atoms with Gasteiger partial charge in [0, 0.05) is 38.6 Å². The van der Waals surface area contributed by atoms with Crippen molar-refractivity contribution in [3.05, 3.63) is 72.2 Å². The third-order valence-corrected chi connectivity index (χ3v) is 8.64. The van der Waals surface area contributed by atoms with Crippen molar-refractivity contribution in [1.29, 1.82) is 0 Å². The molecule has 0 aliphatic carbocycles. The van der Waals surface area contributed by atoms with E-state index in [0.29, 0.717) is 44.9 Å². The number of imidazole rings is 1. The summed E-state index contributed by atoms with van der Waals surface area (Å²) in [4.78, 5) is 28.7. The minimum atomic E-state index is -0.394. The molecule has 3 aliphatic heterocycles.